The molecule has 0 aromatic heterocycles. The summed E-state index contributed by atoms with van der Waals surface area (Å²) in [6.07, 6.45) is 5.16. The summed E-state index contributed by atoms with van der Waals surface area (Å²) in [6.45, 7) is 17.7. The van der Waals surface area contributed by atoms with E-state index in [1.165, 1.54) is 25.7 Å². The molecule has 1 saturated heterocycles. The predicted molar refractivity (Wildman–Crippen MR) is 87.3 cm³/mol. The molecule has 1 fully saturated rings. The summed E-state index contributed by atoms with van der Waals surface area (Å²) < 4.78 is 5.80. The normalized spacial score (nSPS) is 22.4. The average Bonchev–Trinajstić information content (AvgIpc) is 2.47. The summed E-state index contributed by atoms with van der Waals surface area (Å²) in [5.41, 5.74) is 0.611. The van der Waals surface area contributed by atoms with Crippen LogP contribution >= 0.6 is 0 Å². The first-order valence-corrected chi connectivity index (χ1v) is 8.59. The second kappa shape index (κ2) is 7.77. The van der Waals surface area contributed by atoms with Crippen molar-refractivity contribution in [3.63, 3.8) is 0 Å². The lowest BCUT2D eigenvalue weighted by atomic mass is 9.80. The third kappa shape index (κ3) is 3.96. The third-order valence-corrected chi connectivity index (χ3v) is 5.44. The van der Waals surface area contributed by atoms with E-state index in [4.69, 9.17) is 4.74 Å². The maximum Gasteiger partial charge on any atom is 0.0597 e. The smallest absolute Gasteiger partial charge is 0.0597 e. The Morgan fingerprint density at radius 3 is 2.10 bits per heavy atom. The number of nitrogens with one attached hydrogen (secondary N) is 1. The molecule has 3 nitrogen and oxygen atoms in total. The van der Waals surface area contributed by atoms with E-state index in [9.17, 15) is 0 Å². The van der Waals surface area contributed by atoms with Crippen molar-refractivity contribution in [1.82, 2.24) is 10.2 Å². The van der Waals surface area contributed by atoms with Crippen LogP contribution in [0.2, 0.25) is 0 Å². The average molecular weight is 284 g/mol. The quantitative estimate of drug-likeness (QED) is 0.739. The number of ether oxygens (including phenoxy) is 1. The van der Waals surface area contributed by atoms with Gasteiger partial charge in [0.25, 0.3) is 0 Å². The number of rotatable bonds is 8. The van der Waals surface area contributed by atoms with Gasteiger partial charge in [-0.25, -0.2) is 0 Å². The second-order valence-corrected chi connectivity index (χ2v) is 6.61. The van der Waals surface area contributed by atoms with E-state index in [0.29, 0.717) is 17.2 Å². The number of nitrogens with zero attached hydrogens (tertiary/aromatic N) is 1. The SMILES string of the molecule is CCC1(CC)CN(CCOC(C)C)C(CC)(CC)CN1. The first kappa shape index (κ1) is 17.9. The van der Waals surface area contributed by atoms with Crippen LogP contribution in [0.4, 0.5) is 0 Å². The highest BCUT2D eigenvalue weighted by Gasteiger charge is 2.43. The molecule has 0 aromatic carbocycles. The highest BCUT2D eigenvalue weighted by atomic mass is 16.5. The lowest BCUT2D eigenvalue weighted by molar-refractivity contribution is -0.0308. The molecule has 120 valence electrons. The van der Waals surface area contributed by atoms with Gasteiger partial charge >= 0.3 is 0 Å². The highest BCUT2D eigenvalue weighted by Crippen LogP contribution is 2.32. The summed E-state index contributed by atoms with van der Waals surface area (Å²) in [5.74, 6) is 0. The predicted octanol–water partition coefficient (Wildman–Crippen LogP) is 3.43. The Morgan fingerprint density at radius 2 is 1.65 bits per heavy atom. The molecule has 3 heteroatoms. The van der Waals surface area contributed by atoms with Gasteiger partial charge in [0.05, 0.1) is 12.7 Å². The lowest BCUT2D eigenvalue weighted by Crippen LogP contribution is -2.69. The molecule has 20 heavy (non-hydrogen) atoms. The molecule has 0 radical (unpaired) electrons. The van der Waals surface area contributed by atoms with E-state index in [1.54, 1.807) is 0 Å². The zero-order chi connectivity index (χ0) is 15.2. The lowest BCUT2D eigenvalue weighted by Gasteiger charge is -2.54. The van der Waals surface area contributed by atoms with E-state index in [0.717, 1.165) is 26.2 Å². The van der Waals surface area contributed by atoms with E-state index in [1.807, 2.05) is 0 Å². The van der Waals surface area contributed by atoms with Gasteiger partial charge in [-0.2, -0.15) is 0 Å². The molecule has 0 unspecified atom stereocenters. The standard InChI is InChI=1S/C17H36N2O/c1-7-16(8-2)14-19(11-12-20-15(5)6)17(9-3,10-4)13-18-16/h15,18H,7-14H2,1-6H3. The topological polar surface area (TPSA) is 24.5 Å². The van der Waals surface area contributed by atoms with Gasteiger partial charge in [0.2, 0.25) is 0 Å². The van der Waals surface area contributed by atoms with E-state index in [2.05, 4.69) is 51.8 Å². The number of hydrogen-bond acceptors (Lipinski definition) is 3. The van der Waals surface area contributed by atoms with Gasteiger partial charge in [0.1, 0.15) is 0 Å². The van der Waals surface area contributed by atoms with Crippen LogP contribution in [0.5, 0.6) is 0 Å². The zero-order valence-corrected chi connectivity index (χ0v) is 14.6. The molecule has 1 rings (SSSR count). The molecule has 0 saturated carbocycles. The molecule has 1 aliphatic rings. The van der Waals surface area contributed by atoms with Gasteiger partial charge in [-0.1, -0.05) is 27.7 Å². The molecule has 0 spiro atoms. The molecule has 0 amide bonds. The van der Waals surface area contributed by atoms with Crippen LogP contribution < -0.4 is 5.32 Å². The van der Waals surface area contributed by atoms with Crippen molar-refractivity contribution in [1.29, 1.82) is 0 Å². The minimum absolute atomic E-state index is 0.297. The Kier molecular flexibility index (Phi) is 6.96. The van der Waals surface area contributed by atoms with Crippen molar-refractivity contribution in [2.45, 2.75) is 84.4 Å². The molecular weight excluding hydrogens is 248 g/mol. The summed E-state index contributed by atoms with van der Waals surface area (Å²) in [6, 6.07) is 0. The van der Waals surface area contributed by atoms with Gasteiger partial charge in [-0.15, -0.1) is 0 Å². The molecule has 0 atom stereocenters. The van der Waals surface area contributed by atoms with Crippen LogP contribution in [0.15, 0.2) is 0 Å². The second-order valence-electron chi connectivity index (χ2n) is 6.61. The fourth-order valence-electron chi connectivity index (χ4n) is 3.44. The molecule has 0 aliphatic carbocycles. The first-order chi connectivity index (χ1) is 9.47. The molecular formula is C17H36N2O. The van der Waals surface area contributed by atoms with E-state index in [-0.39, 0.29) is 0 Å². The zero-order valence-electron chi connectivity index (χ0n) is 14.6. The fraction of sp³-hybridized carbons (Fsp3) is 1.00. The maximum absolute atomic E-state index is 5.80. The van der Waals surface area contributed by atoms with Crippen LogP contribution in [0, 0.1) is 0 Å². The Hall–Kier alpha value is -0.120. The Morgan fingerprint density at radius 1 is 1.05 bits per heavy atom. The van der Waals surface area contributed by atoms with E-state index < -0.39 is 0 Å². The van der Waals surface area contributed by atoms with Gasteiger partial charge in [0.15, 0.2) is 0 Å². The van der Waals surface area contributed by atoms with Crippen molar-refractivity contribution in [2.24, 2.45) is 0 Å². The van der Waals surface area contributed by atoms with Gasteiger partial charge in [-0.3, -0.25) is 4.90 Å². The molecule has 0 bridgehead atoms. The van der Waals surface area contributed by atoms with Crippen molar-refractivity contribution < 1.29 is 4.74 Å². The maximum atomic E-state index is 5.80. The number of piperazine rings is 1. The van der Waals surface area contributed by atoms with Crippen molar-refractivity contribution >= 4 is 0 Å². The largest absolute Gasteiger partial charge is 0.377 e. The minimum atomic E-state index is 0.297. The van der Waals surface area contributed by atoms with Crippen LogP contribution in [-0.2, 0) is 4.74 Å². The number of hydrogen-bond donors (Lipinski definition) is 1. The van der Waals surface area contributed by atoms with Crippen LogP contribution in [-0.4, -0.2) is 48.3 Å². The third-order valence-electron chi connectivity index (χ3n) is 5.44. The Balaban J connectivity index is 2.77. The summed E-state index contributed by atoms with van der Waals surface area (Å²) in [4.78, 5) is 2.71. The van der Waals surface area contributed by atoms with Gasteiger partial charge < -0.3 is 10.1 Å². The monoisotopic (exact) mass is 284 g/mol. The molecule has 0 aromatic rings. The van der Waals surface area contributed by atoms with Crippen molar-refractivity contribution in [3.05, 3.63) is 0 Å². The Labute approximate surface area is 126 Å². The summed E-state index contributed by atoms with van der Waals surface area (Å²) in [5, 5.41) is 3.87. The Bertz CT molecular complexity index is 270. The van der Waals surface area contributed by atoms with Crippen LogP contribution in [0.25, 0.3) is 0 Å². The summed E-state index contributed by atoms with van der Waals surface area (Å²) in [7, 11) is 0. The van der Waals surface area contributed by atoms with Crippen molar-refractivity contribution in [2.75, 3.05) is 26.2 Å². The molecule has 1 N–H and O–H groups in total. The van der Waals surface area contributed by atoms with Crippen LogP contribution in [0.1, 0.15) is 67.2 Å². The van der Waals surface area contributed by atoms with Crippen LogP contribution in [0.3, 0.4) is 0 Å². The summed E-state index contributed by atoms with van der Waals surface area (Å²) >= 11 is 0. The van der Waals surface area contributed by atoms with E-state index >= 15 is 0 Å². The highest BCUT2D eigenvalue weighted by molar-refractivity contribution is 5.03. The molecule has 1 aliphatic heterocycles. The minimum Gasteiger partial charge on any atom is -0.377 e. The van der Waals surface area contributed by atoms with Crippen molar-refractivity contribution in [3.8, 4) is 0 Å². The fourth-order valence-corrected chi connectivity index (χ4v) is 3.44. The first-order valence-electron chi connectivity index (χ1n) is 8.59. The molecule has 1 heterocycles. The van der Waals surface area contributed by atoms with Gasteiger partial charge in [-0.05, 0) is 39.5 Å². The van der Waals surface area contributed by atoms with Gasteiger partial charge in [0, 0.05) is 30.7 Å².